The molecule has 0 amide bonds. The summed E-state index contributed by atoms with van der Waals surface area (Å²) in [4.78, 5) is 0. The van der Waals surface area contributed by atoms with Crippen molar-refractivity contribution in [3.05, 3.63) is 40.7 Å². The van der Waals surface area contributed by atoms with Gasteiger partial charge in [-0.15, -0.1) is 0 Å². The van der Waals surface area contributed by atoms with Crippen LogP contribution in [0.15, 0.2) is 23.8 Å². The number of allylic oxidation sites excluding steroid dienone is 2. The first-order chi connectivity index (χ1) is 12.3. The normalized spacial score (nSPS) is 14.8. The zero-order valence-electron chi connectivity index (χ0n) is 18.3. The maximum absolute atomic E-state index is 14.7. The van der Waals surface area contributed by atoms with Crippen LogP contribution < -0.4 is 0 Å². The van der Waals surface area contributed by atoms with E-state index in [0.717, 1.165) is 48.6 Å². The molecule has 0 saturated heterocycles. The standard InChI is InChI=1S/C25H41F/c1-8-10-22-14-16-24(25(26)17-22)23(18(3)4)15-13-21(7)20(6)12-11-19(5)9-2/h14,16-17,19-21H,8-13,15H2,1-7H3. The van der Waals surface area contributed by atoms with Crippen LogP contribution in [0.1, 0.15) is 98.1 Å². The second-order valence-electron chi connectivity index (χ2n) is 8.63. The Bertz CT molecular complexity index is 566. The molecule has 0 fully saturated rings. The lowest BCUT2D eigenvalue weighted by atomic mass is 9.83. The van der Waals surface area contributed by atoms with Gasteiger partial charge in [0.25, 0.3) is 0 Å². The lowest BCUT2D eigenvalue weighted by Gasteiger charge is -2.22. The molecule has 0 aliphatic carbocycles. The summed E-state index contributed by atoms with van der Waals surface area (Å²) < 4.78 is 14.7. The average Bonchev–Trinajstić information content (AvgIpc) is 2.60. The van der Waals surface area contributed by atoms with Crippen molar-refractivity contribution in [3.63, 3.8) is 0 Å². The molecular weight excluding hydrogens is 319 g/mol. The minimum absolute atomic E-state index is 0.0513. The van der Waals surface area contributed by atoms with Crippen LogP contribution in [-0.2, 0) is 6.42 Å². The molecule has 3 atom stereocenters. The van der Waals surface area contributed by atoms with Gasteiger partial charge in [-0.25, -0.2) is 4.39 Å². The highest BCUT2D eigenvalue weighted by molar-refractivity contribution is 5.68. The highest BCUT2D eigenvalue weighted by Crippen LogP contribution is 2.31. The fourth-order valence-corrected chi connectivity index (χ4v) is 3.59. The number of hydrogen-bond acceptors (Lipinski definition) is 0. The van der Waals surface area contributed by atoms with E-state index >= 15 is 0 Å². The third-order valence-corrected chi connectivity index (χ3v) is 6.13. The molecule has 0 saturated carbocycles. The molecule has 0 bridgehead atoms. The van der Waals surface area contributed by atoms with Crippen LogP contribution in [0.4, 0.5) is 4.39 Å². The molecule has 26 heavy (non-hydrogen) atoms. The van der Waals surface area contributed by atoms with Crippen LogP contribution in [-0.4, -0.2) is 0 Å². The molecule has 0 aliphatic heterocycles. The number of halogens is 1. The van der Waals surface area contributed by atoms with E-state index in [1.165, 1.54) is 30.4 Å². The SMILES string of the molecule is CCCc1ccc(C(CCC(C)C(C)CCC(C)CC)=C(C)C)c(F)c1. The molecule has 3 unspecified atom stereocenters. The molecule has 0 aromatic heterocycles. The number of aryl methyl sites for hydroxylation is 1. The van der Waals surface area contributed by atoms with Gasteiger partial charge < -0.3 is 0 Å². The van der Waals surface area contributed by atoms with E-state index in [9.17, 15) is 4.39 Å². The maximum Gasteiger partial charge on any atom is 0.130 e. The summed E-state index contributed by atoms with van der Waals surface area (Å²) in [6.45, 7) is 15.7. The van der Waals surface area contributed by atoms with Gasteiger partial charge in [-0.2, -0.15) is 0 Å². The molecule has 1 rings (SSSR count). The third-order valence-electron chi connectivity index (χ3n) is 6.13. The van der Waals surface area contributed by atoms with Crippen LogP contribution in [0.5, 0.6) is 0 Å². The first-order valence-corrected chi connectivity index (χ1v) is 10.7. The van der Waals surface area contributed by atoms with Gasteiger partial charge in [0, 0.05) is 5.56 Å². The van der Waals surface area contributed by atoms with Gasteiger partial charge in [-0.3, -0.25) is 0 Å². The van der Waals surface area contributed by atoms with Crippen LogP contribution in [0.2, 0.25) is 0 Å². The van der Waals surface area contributed by atoms with E-state index < -0.39 is 0 Å². The Morgan fingerprint density at radius 2 is 1.62 bits per heavy atom. The molecule has 148 valence electrons. The van der Waals surface area contributed by atoms with Crippen molar-refractivity contribution >= 4 is 5.57 Å². The van der Waals surface area contributed by atoms with Gasteiger partial charge in [0.15, 0.2) is 0 Å². The second kappa shape index (κ2) is 11.6. The Morgan fingerprint density at radius 1 is 0.962 bits per heavy atom. The van der Waals surface area contributed by atoms with Crippen molar-refractivity contribution in [2.45, 2.75) is 93.4 Å². The Balaban J connectivity index is 2.74. The van der Waals surface area contributed by atoms with E-state index in [-0.39, 0.29) is 5.82 Å². The number of benzene rings is 1. The van der Waals surface area contributed by atoms with Crippen LogP contribution in [0, 0.1) is 23.6 Å². The van der Waals surface area contributed by atoms with Crippen LogP contribution in [0.25, 0.3) is 5.57 Å². The Labute approximate surface area is 162 Å². The van der Waals surface area contributed by atoms with Crippen molar-refractivity contribution in [1.82, 2.24) is 0 Å². The van der Waals surface area contributed by atoms with E-state index in [1.807, 2.05) is 6.07 Å². The molecule has 0 N–H and O–H groups in total. The van der Waals surface area contributed by atoms with Crippen LogP contribution >= 0.6 is 0 Å². The Kier molecular flexibility index (Phi) is 10.2. The zero-order chi connectivity index (χ0) is 19.7. The average molecular weight is 361 g/mol. The van der Waals surface area contributed by atoms with Crippen molar-refractivity contribution in [1.29, 1.82) is 0 Å². The minimum atomic E-state index is -0.0513. The fraction of sp³-hybridized carbons (Fsp3) is 0.680. The quantitative estimate of drug-likeness (QED) is 0.371. The molecule has 0 radical (unpaired) electrons. The zero-order valence-corrected chi connectivity index (χ0v) is 18.3. The number of hydrogen-bond donors (Lipinski definition) is 0. The first kappa shape index (κ1) is 22.9. The van der Waals surface area contributed by atoms with E-state index in [0.29, 0.717) is 5.92 Å². The van der Waals surface area contributed by atoms with E-state index in [2.05, 4.69) is 54.5 Å². The maximum atomic E-state index is 14.7. The Hall–Kier alpha value is -1.11. The predicted octanol–water partition coefficient (Wildman–Crippen LogP) is 8.45. The van der Waals surface area contributed by atoms with Crippen molar-refractivity contribution in [2.24, 2.45) is 17.8 Å². The largest absolute Gasteiger partial charge is 0.206 e. The first-order valence-electron chi connectivity index (χ1n) is 10.7. The summed E-state index contributed by atoms with van der Waals surface area (Å²) in [5.74, 6) is 2.19. The number of rotatable bonds is 11. The van der Waals surface area contributed by atoms with E-state index in [1.54, 1.807) is 6.07 Å². The molecule has 1 aromatic rings. The summed E-state index contributed by atoms with van der Waals surface area (Å²) in [5.41, 5.74) is 4.36. The highest BCUT2D eigenvalue weighted by atomic mass is 19.1. The molecule has 0 nitrogen and oxygen atoms in total. The van der Waals surface area contributed by atoms with Crippen molar-refractivity contribution < 1.29 is 4.39 Å². The lowest BCUT2D eigenvalue weighted by molar-refractivity contribution is 0.316. The topological polar surface area (TPSA) is 0 Å². The monoisotopic (exact) mass is 360 g/mol. The third kappa shape index (κ3) is 7.25. The fourth-order valence-electron chi connectivity index (χ4n) is 3.59. The van der Waals surface area contributed by atoms with Gasteiger partial charge in [-0.1, -0.05) is 78.0 Å². The highest BCUT2D eigenvalue weighted by Gasteiger charge is 2.16. The molecule has 0 spiro atoms. The van der Waals surface area contributed by atoms with Crippen molar-refractivity contribution in [2.75, 3.05) is 0 Å². The molecule has 0 aliphatic rings. The molecule has 1 heteroatoms. The minimum Gasteiger partial charge on any atom is -0.206 e. The predicted molar refractivity (Wildman–Crippen MR) is 115 cm³/mol. The summed E-state index contributed by atoms with van der Waals surface area (Å²) in [5, 5.41) is 0. The van der Waals surface area contributed by atoms with Gasteiger partial charge >= 0.3 is 0 Å². The Morgan fingerprint density at radius 3 is 2.15 bits per heavy atom. The summed E-state index contributed by atoms with van der Waals surface area (Å²) in [6, 6.07) is 5.84. The van der Waals surface area contributed by atoms with E-state index in [4.69, 9.17) is 0 Å². The molecule has 1 aromatic carbocycles. The van der Waals surface area contributed by atoms with Gasteiger partial charge in [-0.05, 0) is 68.1 Å². The molecular formula is C25H41F. The van der Waals surface area contributed by atoms with Gasteiger partial charge in [0.2, 0.25) is 0 Å². The van der Waals surface area contributed by atoms with Gasteiger partial charge in [0.05, 0.1) is 0 Å². The van der Waals surface area contributed by atoms with Crippen molar-refractivity contribution in [3.8, 4) is 0 Å². The molecule has 0 heterocycles. The lowest BCUT2D eigenvalue weighted by Crippen LogP contribution is -2.10. The summed E-state index contributed by atoms with van der Waals surface area (Å²) in [6.07, 6.45) is 8.02. The second-order valence-corrected chi connectivity index (χ2v) is 8.63. The summed E-state index contributed by atoms with van der Waals surface area (Å²) in [7, 11) is 0. The van der Waals surface area contributed by atoms with Gasteiger partial charge in [0.1, 0.15) is 5.82 Å². The van der Waals surface area contributed by atoms with Crippen LogP contribution in [0.3, 0.4) is 0 Å². The smallest absolute Gasteiger partial charge is 0.130 e. The summed E-state index contributed by atoms with van der Waals surface area (Å²) >= 11 is 0.